The first kappa shape index (κ1) is 11.1. The lowest BCUT2D eigenvalue weighted by atomic mass is 10.1. The molecular formula is C12H18O2. The Kier molecular flexibility index (Phi) is 3.96. The van der Waals surface area contributed by atoms with Crippen molar-refractivity contribution < 1.29 is 9.84 Å². The van der Waals surface area contributed by atoms with E-state index in [2.05, 4.69) is 6.92 Å². The second kappa shape index (κ2) is 5.01. The SMILES string of the molecule is CCc1ccccc1OC(C)[C@@H](C)O. The molecule has 0 saturated carbocycles. The molecule has 1 aromatic carbocycles. The van der Waals surface area contributed by atoms with Crippen LogP contribution in [-0.2, 0) is 6.42 Å². The normalized spacial score (nSPS) is 14.9. The third-order valence-corrected chi connectivity index (χ3v) is 2.35. The molecule has 2 nitrogen and oxygen atoms in total. The number of aryl methyl sites for hydroxylation is 1. The number of aliphatic hydroxyl groups is 1. The Labute approximate surface area is 85.5 Å². The maximum absolute atomic E-state index is 9.32. The number of hydrogen-bond acceptors (Lipinski definition) is 2. The van der Waals surface area contributed by atoms with Crippen molar-refractivity contribution in [3.05, 3.63) is 29.8 Å². The lowest BCUT2D eigenvalue weighted by Crippen LogP contribution is -2.25. The molecule has 0 aromatic heterocycles. The molecule has 1 unspecified atom stereocenters. The van der Waals surface area contributed by atoms with Gasteiger partial charge < -0.3 is 9.84 Å². The highest BCUT2D eigenvalue weighted by Crippen LogP contribution is 2.20. The van der Waals surface area contributed by atoms with Crippen molar-refractivity contribution in [2.24, 2.45) is 0 Å². The zero-order chi connectivity index (χ0) is 10.6. The van der Waals surface area contributed by atoms with E-state index in [1.807, 2.05) is 31.2 Å². The van der Waals surface area contributed by atoms with Gasteiger partial charge in [-0.15, -0.1) is 0 Å². The minimum Gasteiger partial charge on any atom is -0.488 e. The molecule has 0 saturated heterocycles. The Balaban J connectivity index is 2.75. The fourth-order valence-corrected chi connectivity index (χ4v) is 1.21. The van der Waals surface area contributed by atoms with Gasteiger partial charge in [0.2, 0.25) is 0 Å². The summed E-state index contributed by atoms with van der Waals surface area (Å²) in [6.07, 6.45) is 0.338. The van der Waals surface area contributed by atoms with Gasteiger partial charge in [0.25, 0.3) is 0 Å². The van der Waals surface area contributed by atoms with E-state index >= 15 is 0 Å². The predicted molar refractivity (Wildman–Crippen MR) is 57.6 cm³/mol. The summed E-state index contributed by atoms with van der Waals surface area (Å²) >= 11 is 0. The van der Waals surface area contributed by atoms with E-state index in [0.29, 0.717) is 0 Å². The maximum Gasteiger partial charge on any atom is 0.123 e. The van der Waals surface area contributed by atoms with Crippen molar-refractivity contribution in [3.8, 4) is 5.75 Å². The van der Waals surface area contributed by atoms with Gasteiger partial charge in [-0.25, -0.2) is 0 Å². The fourth-order valence-electron chi connectivity index (χ4n) is 1.21. The van der Waals surface area contributed by atoms with Crippen LogP contribution in [0.5, 0.6) is 5.75 Å². The van der Waals surface area contributed by atoms with Crippen molar-refractivity contribution in [3.63, 3.8) is 0 Å². The van der Waals surface area contributed by atoms with E-state index in [1.54, 1.807) is 6.92 Å². The number of hydrogen-bond donors (Lipinski definition) is 1. The van der Waals surface area contributed by atoms with E-state index in [0.717, 1.165) is 12.2 Å². The summed E-state index contributed by atoms with van der Waals surface area (Å²) in [6.45, 7) is 5.70. The summed E-state index contributed by atoms with van der Waals surface area (Å²) in [4.78, 5) is 0. The highest BCUT2D eigenvalue weighted by molar-refractivity contribution is 5.33. The number of aliphatic hydroxyl groups excluding tert-OH is 1. The summed E-state index contributed by atoms with van der Waals surface area (Å²) in [5.74, 6) is 0.878. The van der Waals surface area contributed by atoms with Crippen LogP contribution in [0.2, 0.25) is 0 Å². The molecule has 0 bridgehead atoms. The molecule has 14 heavy (non-hydrogen) atoms. The topological polar surface area (TPSA) is 29.5 Å². The average molecular weight is 194 g/mol. The zero-order valence-corrected chi connectivity index (χ0v) is 9.03. The molecular weight excluding hydrogens is 176 g/mol. The van der Waals surface area contributed by atoms with Crippen LogP contribution in [0.15, 0.2) is 24.3 Å². The second-order valence-electron chi connectivity index (χ2n) is 3.52. The monoisotopic (exact) mass is 194 g/mol. The minimum atomic E-state index is -0.445. The van der Waals surface area contributed by atoms with Gasteiger partial charge in [0.1, 0.15) is 11.9 Å². The van der Waals surface area contributed by atoms with E-state index in [4.69, 9.17) is 4.74 Å². The van der Waals surface area contributed by atoms with Crippen LogP contribution in [0.25, 0.3) is 0 Å². The molecule has 0 fully saturated rings. The predicted octanol–water partition coefficient (Wildman–Crippen LogP) is 2.40. The van der Waals surface area contributed by atoms with Crippen LogP contribution >= 0.6 is 0 Å². The third kappa shape index (κ3) is 2.74. The molecule has 2 atom stereocenters. The van der Waals surface area contributed by atoms with Gasteiger partial charge in [0.05, 0.1) is 6.10 Å². The molecule has 1 rings (SSSR count). The first-order valence-corrected chi connectivity index (χ1v) is 5.07. The highest BCUT2D eigenvalue weighted by atomic mass is 16.5. The number of para-hydroxylation sites is 1. The molecule has 1 aromatic rings. The van der Waals surface area contributed by atoms with Crippen molar-refractivity contribution in [2.45, 2.75) is 39.4 Å². The Morgan fingerprint density at radius 2 is 1.93 bits per heavy atom. The first-order valence-electron chi connectivity index (χ1n) is 5.07. The molecule has 0 heterocycles. The summed E-state index contributed by atoms with van der Waals surface area (Å²) in [7, 11) is 0. The van der Waals surface area contributed by atoms with E-state index in [1.165, 1.54) is 5.56 Å². The van der Waals surface area contributed by atoms with E-state index < -0.39 is 6.10 Å². The average Bonchev–Trinajstić information content (AvgIpc) is 2.18. The van der Waals surface area contributed by atoms with Crippen LogP contribution in [0.4, 0.5) is 0 Å². The molecule has 0 aliphatic carbocycles. The lowest BCUT2D eigenvalue weighted by molar-refractivity contribution is 0.0598. The first-order chi connectivity index (χ1) is 6.65. The fraction of sp³-hybridized carbons (Fsp3) is 0.500. The summed E-state index contributed by atoms with van der Waals surface area (Å²) in [6, 6.07) is 7.93. The Hall–Kier alpha value is -1.02. The summed E-state index contributed by atoms with van der Waals surface area (Å²) in [5, 5.41) is 9.32. The molecule has 2 heteroatoms. The maximum atomic E-state index is 9.32. The summed E-state index contributed by atoms with van der Waals surface area (Å²) in [5.41, 5.74) is 1.18. The quantitative estimate of drug-likeness (QED) is 0.797. The highest BCUT2D eigenvalue weighted by Gasteiger charge is 2.11. The van der Waals surface area contributed by atoms with Gasteiger partial charge in [-0.3, -0.25) is 0 Å². The molecule has 0 aliphatic heterocycles. The summed E-state index contributed by atoms with van der Waals surface area (Å²) < 4.78 is 5.65. The van der Waals surface area contributed by atoms with Gasteiger partial charge in [-0.2, -0.15) is 0 Å². The van der Waals surface area contributed by atoms with Crippen molar-refractivity contribution in [1.29, 1.82) is 0 Å². The van der Waals surface area contributed by atoms with Gasteiger partial charge in [-0.1, -0.05) is 25.1 Å². The van der Waals surface area contributed by atoms with Gasteiger partial charge >= 0.3 is 0 Å². The van der Waals surface area contributed by atoms with Gasteiger partial charge in [0.15, 0.2) is 0 Å². The molecule has 0 spiro atoms. The van der Waals surface area contributed by atoms with Crippen molar-refractivity contribution in [2.75, 3.05) is 0 Å². The molecule has 1 N–H and O–H groups in total. The van der Waals surface area contributed by atoms with Crippen molar-refractivity contribution >= 4 is 0 Å². The van der Waals surface area contributed by atoms with Crippen LogP contribution in [0.1, 0.15) is 26.3 Å². The van der Waals surface area contributed by atoms with Crippen LogP contribution in [0.3, 0.4) is 0 Å². The molecule has 0 aliphatic rings. The third-order valence-electron chi connectivity index (χ3n) is 2.35. The van der Waals surface area contributed by atoms with E-state index in [-0.39, 0.29) is 6.10 Å². The second-order valence-corrected chi connectivity index (χ2v) is 3.52. The van der Waals surface area contributed by atoms with Crippen LogP contribution in [-0.4, -0.2) is 17.3 Å². The number of benzene rings is 1. The Morgan fingerprint density at radius 1 is 1.29 bits per heavy atom. The van der Waals surface area contributed by atoms with Crippen molar-refractivity contribution in [1.82, 2.24) is 0 Å². The smallest absolute Gasteiger partial charge is 0.123 e. The largest absolute Gasteiger partial charge is 0.488 e. The molecule has 0 radical (unpaired) electrons. The van der Waals surface area contributed by atoms with Crippen LogP contribution in [0, 0.1) is 0 Å². The zero-order valence-electron chi connectivity index (χ0n) is 9.03. The molecule has 0 amide bonds. The van der Waals surface area contributed by atoms with Crippen LogP contribution < -0.4 is 4.74 Å². The number of rotatable bonds is 4. The minimum absolute atomic E-state index is 0.164. The van der Waals surface area contributed by atoms with Gasteiger partial charge in [-0.05, 0) is 31.9 Å². The Morgan fingerprint density at radius 3 is 2.50 bits per heavy atom. The standard InChI is InChI=1S/C12H18O2/c1-4-11-7-5-6-8-12(11)14-10(3)9(2)13/h5-10,13H,4H2,1-3H3/t9-,10?/m1/s1. The lowest BCUT2D eigenvalue weighted by Gasteiger charge is -2.19. The van der Waals surface area contributed by atoms with Gasteiger partial charge in [0, 0.05) is 0 Å². The number of ether oxygens (including phenoxy) is 1. The van der Waals surface area contributed by atoms with E-state index in [9.17, 15) is 5.11 Å². The molecule has 78 valence electrons. The Bertz CT molecular complexity index is 281.